The Morgan fingerprint density at radius 3 is 3.00 bits per heavy atom. The van der Waals surface area contributed by atoms with E-state index in [2.05, 4.69) is 22.0 Å². The second kappa shape index (κ2) is 4.18. The fourth-order valence-corrected chi connectivity index (χ4v) is 2.04. The zero-order valence-corrected chi connectivity index (χ0v) is 9.31. The van der Waals surface area contributed by atoms with Crippen LogP contribution in [0.15, 0.2) is 4.52 Å². The van der Waals surface area contributed by atoms with Crippen molar-refractivity contribution in [2.45, 2.75) is 20.3 Å². The average molecular weight is 210 g/mol. The molecule has 1 aliphatic rings. The molecule has 15 heavy (non-hydrogen) atoms. The van der Waals surface area contributed by atoms with E-state index in [1.165, 1.54) is 0 Å². The predicted molar refractivity (Wildman–Crippen MR) is 57.6 cm³/mol. The smallest absolute Gasteiger partial charge is 0.324 e. The number of aromatic nitrogens is 2. The van der Waals surface area contributed by atoms with Crippen molar-refractivity contribution in [3.8, 4) is 0 Å². The van der Waals surface area contributed by atoms with Crippen LogP contribution in [-0.2, 0) is 0 Å². The zero-order valence-electron chi connectivity index (χ0n) is 9.31. The molecule has 2 atom stereocenters. The quantitative estimate of drug-likeness (QED) is 0.782. The first-order valence-electron chi connectivity index (χ1n) is 5.46. The number of anilines is 1. The highest BCUT2D eigenvalue weighted by atomic mass is 16.5. The lowest BCUT2D eigenvalue weighted by Gasteiger charge is -2.35. The van der Waals surface area contributed by atoms with Crippen LogP contribution in [0, 0.1) is 18.8 Å². The van der Waals surface area contributed by atoms with Crippen molar-refractivity contribution in [3.63, 3.8) is 0 Å². The fraction of sp³-hybridized carbons (Fsp3) is 0.800. The molecule has 0 spiro atoms. The monoisotopic (exact) mass is 210 g/mol. The van der Waals surface area contributed by atoms with Crippen LogP contribution in [0.3, 0.4) is 0 Å². The summed E-state index contributed by atoms with van der Waals surface area (Å²) in [5.74, 6) is 1.91. The first kappa shape index (κ1) is 10.4. The topological polar surface area (TPSA) is 68.2 Å². The molecule has 2 heterocycles. The Morgan fingerprint density at radius 2 is 2.40 bits per heavy atom. The molecule has 0 bridgehead atoms. The number of piperidine rings is 1. The van der Waals surface area contributed by atoms with Crippen LogP contribution in [0.25, 0.3) is 0 Å². The number of aryl methyl sites for hydroxylation is 1. The molecule has 1 aromatic heterocycles. The maximum Gasteiger partial charge on any atom is 0.324 e. The van der Waals surface area contributed by atoms with Crippen LogP contribution in [0.5, 0.6) is 0 Å². The summed E-state index contributed by atoms with van der Waals surface area (Å²) in [5.41, 5.74) is 5.75. The molecule has 1 aromatic rings. The molecule has 0 aromatic carbocycles. The first-order chi connectivity index (χ1) is 7.20. The van der Waals surface area contributed by atoms with E-state index in [-0.39, 0.29) is 0 Å². The van der Waals surface area contributed by atoms with Crippen LogP contribution in [-0.4, -0.2) is 29.8 Å². The zero-order chi connectivity index (χ0) is 10.8. The van der Waals surface area contributed by atoms with Gasteiger partial charge < -0.3 is 15.2 Å². The lowest BCUT2D eigenvalue weighted by atomic mass is 9.87. The lowest BCUT2D eigenvalue weighted by Crippen LogP contribution is -2.42. The van der Waals surface area contributed by atoms with E-state index in [1.54, 1.807) is 0 Å². The SMILES string of the molecule is Cc1noc(N2CCC(C)C(CN)C2)n1. The molecule has 0 radical (unpaired) electrons. The van der Waals surface area contributed by atoms with Gasteiger partial charge in [-0.1, -0.05) is 12.1 Å². The molecule has 2 N–H and O–H groups in total. The third kappa shape index (κ3) is 2.12. The number of hydrogen-bond acceptors (Lipinski definition) is 5. The van der Waals surface area contributed by atoms with Gasteiger partial charge in [0, 0.05) is 13.1 Å². The van der Waals surface area contributed by atoms with Crippen LogP contribution in [0.2, 0.25) is 0 Å². The van der Waals surface area contributed by atoms with Gasteiger partial charge in [-0.2, -0.15) is 4.98 Å². The van der Waals surface area contributed by atoms with Crippen LogP contribution < -0.4 is 10.6 Å². The van der Waals surface area contributed by atoms with E-state index in [1.807, 2.05) is 6.92 Å². The minimum Gasteiger partial charge on any atom is -0.330 e. The summed E-state index contributed by atoms with van der Waals surface area (Å²) in [6.45, 7) is 6.73. The van der Waals surface area contributed by atoms with Gasteiger partial charge in [0.1, 0.15) is 0 Å². The Balaban J connectivity index is 2.06. The van der Waals surface area contributed by atoms with Crippen molar-refractivity contribution in [2.75, 3.05) is 24.5 Å². The van der Waals surface area contributed by atoms with Gasteiger partial charge in [0.05, 0.1) is 0 Å². The second-order valence-electron chi connectivity index (χ2n) is 4.33. The van der Waals surface area contributed by atoms with Crippen LogP contribution >= 0.6 is 0 Å². The molecule has 5 nitrogen and oxygen atoms in total. The van der Waals surface area contributed by atoms with Crippen molar-refractivity contribution in [1.82, 2.24) is 10.1 Å². The van der Waals surface area contributed by atoms with E-state index >= 15 is 0 Å². The highest BCUT2D eigenvalue weighted by Crippen LogP contribution is 2.25. The Labute approximate surface area is 89.6 Å². The summed E-state index contributed by atoms with van der Waals surface area (Å²) in [6.07, 6.45) is 1.14. The molecule has 0 saturated carbocycles. The molecule has 1 fully saturated rings. The predicted octanol–water partition coefficient (Wildman–Crippen LogP) is 0.799. The normalized spacial score (nSPS) is 27.0. The standard InChI is InChI=1S/C10H18N4O/c1-7-3-4-14(6-9(7)5-11)10-12-8(2)13-15-10/h7,9H,3-6,11H2,1-2H3. The van der Waals surface area contributed by atoms with E-state index < -0.39 is 0 Å². The third-order valence-electron chi connectivity index (χ3n) is 3.20. The summed E-state index contributed by atoms with van der Waals surface area (Å²) in [7, 11) is 0. The molecule has 84 valence electrons. The van der Waals surface area contributed by atoms with E-state index in [4.69, 9.17) is 10.3 Å². The van der Waals surface area contributed by atoms with E-state index in [0.29, 0.717) is 23.7 Å². The lowest BCUT2D eigenvalue weighted by molar-refractivity contribution is 0.291. The molecule has 0 aliphatic carbocycles. The second-order valence-corrected chi connectivity index (χ2v) is 4.33. The minimum atomic E-state index is 0.533. The fourth-order valence-electron chi connectivity index (χ4n) is 2.04. The van der Waals surface area contributed by atoms with Gasteiger partial charge >= 0.3 is 6.01 Å². The maximum atomic E-state index is 5.75. The number of nitrogens with two attached hydrogens (primary N) is 1. The third-order valence-corrected chi connectivity index (χ3v) is 3.20. The largest absolute Gasteiger partial charge is 0.330 e. The molecular weight excluding hydrogens is 192 g/mol. The van der Waals surface area contributed by atoms with Crippen molar-refractivity contribution in [3.05, 3.63) is 5.82 Å². The summed E-state index contributed by atoms with van der Waals surface area (Å²) < 4.78 is 5.16. The summed E-state index contributed by atoms with van der Waals surface area (Å²) in [6, 6.07) is 0.637. The molecule has 5 heteroatoms. The number of nitrogens with zero attached hydrogens (tertiary/aromatic N) is 3. The maximum absolute atomic E-state index is 5.75. The highest BCUT2D eigenvalue weighted by Gasteiger charge is 2.27. The number of rotatable bonds is 2. The summed E-state index contributed by atoms with van der Waals surface area (Å²) in [5, 5.41) is 3.80. The minimum absolute atomic E-state index is 0.533. The average Bonchev–Trinajstić information content (AvgIpc) is 2.66. The van der Waals surface area contributed by atoms with Crippen molar-refractivity contribution in [2.24, 2.45) is 17.6 Å². The molecule has 1 aliphatic heterocycles. The molecule has 1 saturated heterocycles. The van der Waals surface area contributed by atoms with Crippen molar-refractivity contribution in [1.29, 1.82) is 0 Å². The van der Waals surface area contributed by atoms with E-state index in [0.717, 1.165) is 26.1 Å². The van der Waals surface area contributed by atoms with Gasteiger partial charge in [-0.15, -0.1) is 0 Å². The highest BCUT2D eigenvalue weighted by molar-refractivity contribution is 5.26. The summed E-state index contributed by atoms with van der Waals surface area (Å²) in [4.78, 5) is 6.37. The Hall–Kier alpha value is -1.10. The van der Waals surface area contributed by atoms with Gasteiger partial charge in [-0.3, -0.25) is 0 Å². The Kier molecular flexibility index (Phi) is 2.90. The van der Waals surface area contributed by atoms with Crippen molar-refractivity contribution >= 4 is 6.01 Å². The van der Waals surface area contributed by atoms with Gasteiger partial charge in [-0.25, -0.2) is 0 Å². The molecule has 2 rings (SSSR count). The van der Waals surface area contributed by atoms with Gasteiger partial charge in [0.25, 0.3) is 0 Å². The van der Waals surface area contributed by atoms with Gasteiger partial charge in [0.15, 0.2) is 5.82 Å². The summed E-state index contributed by atoms with van der Waals surface area (Å²) >= 11 is 0. The number of hydrogen-bond donors (Lipinski definition) is 1. The van der Waals surface area contributed by atoms with E-state index in [9.17, 15) is 0 Å². The van der Waals surface area contributed by atoms with Crippen LogP contribution in [0.1, 0.15) is 19.2 Å². The molecule has 0 amide bonds. The molecular formula is C10H18N4O. The Morgan fingerprint density at radius 1 is 1.60 bits per heavy atom. The van der Waals surface area contributed by atoms with Crippen LogP contribution in [0.4, 0.5) is 6.01 Å². The first-order valence-corrected chi connectivity index (χ1v) is 5.46. The van der Waals surface area contributed by atoms with Crippen molar-refractivity contribution < 1.29 is 4.52 Å². The van der Waals surface area contributed by atoms with Gasteiger partial charge in [0.2, 0.25) is 0 Å². The van der Waals surface area contributed by atoms with Gasteiger partial charge in [-0.05, 0) is 31.7 Å². The molecule has 2 unspecified atom stereocenters. The Bertz CT molecular complexity index is 325.